The van der Waals surface area contributed by atoms with E-state index in [1.54, 1.807) is 31.2 Å². The van der Waals surface area contributed by atoms with E-state index < -0.39 is 23.8 Å². The lowest BCUT2D eigenvalue weighted by Crippen LogP contribution is -2.33. The summed E-state index contributed by atoms with van der Waals surface area (Å²) in [6.45, 7) is 1.71. The van der Waals surface area contributed by atoms with Crippen molar-refractivity contribution in [2.75, 3.05) is 12.4 Å². The van der Waals surface area contributed by atoms with Gasteiger partial charge in [-0.3, -0.25) is 4.79 Å². The number of carbonyl (C=O) groups excluding carboxylic acids is 1. The van der Waals surface area contributed by atoms with Gasteiger partial charge in [-0.15, -0.1) is 0 Å². The van der Waals surface area contributed by atoms with Gasteiger partial charge in [0.05, 0.1) is 18.4 Å². The third-order valence-electron chi connectivity index (χ3n) is 3.47. The summed E-state index contributed by atoms with van der Waals surface area (Å²) in [7, 11) is 1.50. The minimum Gasteiger partial charge on any atom is -0.497 e. The molecule has 2 rings (SSSR count). The van der Waals surface area contributed by atoms with Gasteiger partial charge in [-0.1, -0.05) is 25.1 Å². The van der Waals surface area contributed by atoms with Crippen LogP contribution in [0, 0.1) is 0 Å². The van der Waals surface area contributed by atoms with Crippen LogP contribution in [0.5, 0.6) is 11.5 Å². The number of anilines is 1. The number of methoxy groups -OCH3 is 1. The largest absolute Gasteiger partial charge is 0.497 e. The van der Waals surface area contributed by atoms with E-state index in [9.17, 15) is 18.0 Å². The number of rotatable bonds is 6. The molecule has 0 fully saturated rings. The maximum Gasteiger partial charge on any atom is 0.418 e. The van der Waals surface area contributed by atoms with Crippen LogP contribution in [-0.2, 0) is 11.0 Å². The molecule has 1 atom stereocenters. The Morgan fingerprint density at radius 2 is 1.80 bits per heavy atom. The lowest BCUT2D eigenvalue weighted by Gasteiger charge is -2.19. The van der Waals surface area contributed by atoms with Crippen LogP contribution in [0.2, 0.25) is 0 Å². The lowest BCUT2D eigenvalue weighted by molar-refractivity contribution is -0.137. The molecule has 4 nitrogen and oxygen atoms in total. The molecule has 2 aromatic rings. The topological polar surface area (TPSA) is 47.6 Å². The summed E-state index contributed by atoms with van der Waals surface area (Å²) in [5.41, 5.74) is -1.20. The molecule has 0 heterocycles. The van der Waals surface area contributed by atoms with Gasteiger partial charge in [0.25, 0.3) is 5.91 Å². The predicted molar refractivity (Wildman–Crippen MR) is 87.8 cm³/mol. The van der Waals surface area contributed by atoms with E-state index >= 15 is 0 Å². The summed E-state index contributed by atoms with van der Waals surface area (Å²) in [6, 6.07) is 11.5. The highest BCUT2D eigenvalue weighted by molar-refractivity contribution is 5.95. The Hall–Kier alpha value is -2.70. The number of ether oxygens (including phenoxy) is 2. The first-order chi connectivity index (χ1) is 11.8. The summed E-state index contributed by atoms with van der Waals surface area (Å²) in [5.74, 6) is 0.294. The second kappa shape index (κ2) is 7.92. The smallest absolute Gasteiger partial charge is 0.418 e. The second-order valence-electron chi connectivity index (χ2n) is 5.23. The zero-order chi connectivity index (χ0) is 18.4. The number of para-hydroxylation sites is 1. The Bertz CT molecular complexity index is 732. The van der Waals surface area contributed by atoms with Crippen molar-refractivity contribution in [1.29, 1.82) is 0 Å². The summed E-state index contributed by atoms with van der Waals surface area (Å²) < 4.78 is 49.7. The zero-order valence-electron chi connectivity index (χ0n) is 13.8. The van der Waals surface area contributed by atoms with E-state index in [-0.39, 0.29) is 12.1 Å². The van der Waals surface area contributed by atoms with Crippen LogP contribution in [0.15, 0.2) is 48.5 Å². The number of amides is 1. The molecule has 0 saturated carbocycles. The van der Waals surface area contributed by atoms with Gasteiger partial charge < -0.3 is 14.8 Å². The van der Waals surface area contributed by atoms with Gasteiger partial charge in [0, 0.05) is 6.07 Å². The first kappa shape index (κ1) is 18.6. The molecule has 0 radical (unpaired) electrons. The molecular weight excluding hydrogens is 335 g/mol. The van der Waals surface area contributed by atoms with Crippen molar-refractivity contribution in [2.45, 2.75) is 25.6 Å². The van der Waals surface area contributed by atoms with Gasteiger partial charge in [-0.05, 0) is 30.7 Å². The van der Waals surface area contributed by atoms with Gasteiger partial charge >= 0.3 is 6.18 Å². The van der Waals surface area contributed by atoms with Crippen molar-refractivity contribution in [3.05, 3.63) is 54.1 Å². The van der Waals surface area contributed by atoms with Crippen molar-refractivity contribution in [2.24, 2.45) is 0 Å². The molecule has 2 aromatic carbocycles. The standard InChI is InChI=1S/C18H18F3NO3/c1-3-16(25-13-8-6-7-12(11-13)24-2)17(23)22-15-10-5-4-9-14(15)18(19,20)21/h4-11,16H,3H2,1-2H3,(H,22,23)/t16-/m0/s1. The van der Waals surface area contributed by atoms with Gasteiger partial charge in [0.15, 0.2) is 6.10 Å². The highest BCUT2D eigenvalue weighted by atomic mass is 19.4. The van der Waals surface area contributed by atoms with Crippen molar-refractivity contribution in [3.63, 3.8) is 0 Å². The van der Waals surface area contributed by atoms with E-state index in [1.807, 2.05) is 0 Å². The Labute approximate surface area is 143 Å². The number of hydrogen-bond donors (Lipinski definition) is 1. The second-order valence-corrected chi connectivity index (χ2v) is 5.23. The fraction of sp³-hybridized carbons (Fsp3) is 0.278. The number of benzene rings is 2. The maximum atomic E-state index is 13.0. The normalized spacial score (nSPS) is 12.4. The maximum absolute atomic E-state index is 13.0. The Balaban J connectivity index is 2.15. The van der Waals surface area contributed by atoms with Crippen molar-refractivity contribution >= 4 is 11.6 Å². The SMILES string of the molecule is CC[C@H](Oc1cccc(OC)c1)C(=O)Nc1ccccc1C(F)(F)F. The molecule has 0 aliphatic heterocycles. The Morgan fingerprint density at radius 3 is 2.44 bits per heavy atom. The highest BCUT2D eigenvalue weighted by Gasteiger charge is 2.34. The van der Waals surface area contributed by atoms with E-state index in [2.05, 4.69) is 5.32 Å². The Kier molecular flexibility index (Phi) is 5.90. The van der Waals surface area contributed by atoms with Crippen LogP contribution in [0.1, 0.15) is 18.9 Å². The average Bonchev–Trinajstić information content (AvgIpc) is 2.59. The molecule has 0 aliphatic carbocycles. The number of hydrogen-bond acceptors (Lipinski definition) is 3. The minimum absolute atomic E-state index is 0.289. The molecule has 0 aromatic heterocycles. The first-order valence-corrected chi connectivity index (χ1v) is 7.63. The Morgan fingerprint density at radius 1 is 1.12 bits per heavy atom. The molecule has 0 saturated heterocycles. The molecule has 134 valence electrons. The fourth-order valence-corrected chi connectivity index (χ4v) is 2.21. The molecule has 1 N–H and O–H groups in total. The first-order valence-electron chi connectivity index (χ1n) is 7.63. The lowest BCUT2D eigenvalue weighted by atomic mass is 10.1. The minimum atomic E-state index is -4.56. The third-order valence-corrected chi connectivity index (χ3v) is 3.47. The molecule has 1 amide bonds. The molecule has 0 unspecified atom stereocenters. The van der Waals surface area contributed by atoms with Crippen LogP contribution < -0.4 is 14.8 Å². The van der Waals surface area contributed by atoms with Crippen molar-refractivity contribution in [1.82, 2.24) is 0 Å². The van der Waals surface area contributed by atoms with Crippen LogP contribution in [0.4, 0.5) is 18.9 Å². The third kappa shape index (κ3) is 4.89. The molecule has 7 heteroatoms. The van der Waals surface area contributed by atoms with Crippen LogP contribution in [0.3, 0.4) is 0 Å². The molecule has 0 bridgehead atoms. The molecule has 0 spiro atoms. The van der Waals surface area contributed by atoms with E-state index in [0.717, 1.165) is 6.07 Å². The van der Waals surface area contributed by atoms with Gasteiger partial charge in [-0.2, -0.15) is 13.2 Å². The van der Waals surface area contributed by atoms with E-state index in [1.165, 1.54) is 25.3 Å². The molecule has 0 aliphatic rings. The summed E-state index contributed by atoms with van der Waals surface area (Å²) in [4.78, 5) is 12.3. The van der Waals surface area contributed by atoms with Gasteiger partial charge in [0.1, 0.15) is 11.5 Å². The van der Waals surface area contributed by atoms with Crippen LogP contribution in [0.25, 0.3) is 0 Å². The quantitative estimate of drug-likeness (QED) is 0.831. The highest BCUT2D eigenvalue weighted by Crippen LogP contribution is 2.34. The fourth-order valence-electron chi connectivity index (χ4n) is 2.21. The monoisotopic (exact) mass is 353 g/mol. The van der Waals surface area contributed by atoms with Gasteiger partial charge in [0.2, 0.25) is 0 Å². The van der Waals surface area contributed by atoms with Crippen LogP contribution in [-0.4, -0.2) is 19.1 Å². The zero-order valence-corrected chi connectivity index (χ0v) is 13.8. The number of carbonyl (C=O) groups is 1. The predicted octanol–water partition coefficient (Wildman–Crippen LogP) is 4.51. The average molecular weight is 353 g/mol. The van der Waals surface area contributed by atoms with Crippen LogP contribution >= 0.6 is 0 Å². The van der Waals surface area contributed by atoms with Gasteiger partial charge in [-0.25, -0.2) is 0 Å². The summed E-state index contributed by atoms with van der Waals surface area (Å²) in [6.07, 6.45) is -5.20. The number of nitrogens with one attached hydrogen (secondary N) is 1. The number of halogens is 3. The molecule has 25 heavy (non-hydrogen) atoms. The summed E-state index contributed by atoms with van der Waals surface area (Å²) >= 11 is 0. The van der Waals surface area contributed by atoms with Crippen molar-refractivity contribution < 1.29 is 27.4 Å². The summed E-state index contributed by atoms with van der Waals surface area (Å²) in [5, 5.41) is 2.30. The van der Waals surface area contributed by atoms with Crippen molar-refractivity contribution in [3.8, 4) is 11.5 Å². The van der Waals surface area contributed by atoms with E-state index in [0.29, 0.717) is 11.5 Å². The number of alkyl halides is 3. The van der Waals surface area contributed by atoms with E-state index in [4.69, 9.17) is 9.47 Å². The molecular formula is C18H18F3NO3.